The van der Waals surface area contributed by atoms with E-state index in [1.54, 1.807) is 12.1 Å². The van der Waals surface area contributed by atoms with Crippen molar-refractivity contribution in [3.05, 3.63) is 65.2 Å². The van der Waals surface area contributed by atoms with Crippen LogP contribution in [0.5, 0.6) is 0 Å². The Morgan fingerprint density at radius 3 is 2.57 bits per heavy atom. The first-order valence-electron chi connectivity index (χ1n) is 6.29. The van der Waals surface area contributed by atoms with Crippen molar-refractivity contribution in [3.63, 3.8) is 0 Å². The van der Waals surface area contributed by atoms with E-state index in [4.69, 9.17) is 5.11 Å². The van der Waals surface area contributed by atoms with Gasteiger partial charge < -0.3 is 10.4 Å². The summed E-state index contributed by atoms with van der Waals surface area (Å²) >= 11 is 0. The van der Waals surface area contributed by atoms with E-state index in [9.17, 15) is 14.0 Å². The van der Waals surface area contributed by atoms with Crippen molar-refractivity contribution in [2.24, 2.45) is 0 Å². The first kappa shape index (κ1) is 14.6. The van der Waals surface area contributed by atoms with E-state index in [1.807, 2.05) is 0 Å². The minimum atomic E-state index is -1.20. The zero-order valence-corrected chi connectivity index (χ0v) is 11.0. The highest BCUT2D eigenvalue weighted by molar-refractivity contribution is 6.03. The van der Waals surface area contributed by atoms with Gasteiger partial charge in [-0.05, 0) is 36.2 Å². The summed E-state index contributed by atoms with van der Waals surface area (Å²) in [5.41, 5.74) is 0.608. The summed E-state index contributed by atoms with van der Waals surface area (Å²) < 4.78 is 12.7. The first-order valence-corrected chi connectivity index (χ1v) is 6.29. The highest BCUT2D eigenvalue weighted by Gasteiger charge is 2.16. The number of hydrogen-bond acceptors (Lipinski definition) is 3. The fraction of sp³-hybridized carbons (Fsp3) is 0.133. The van der Waals surface area contributed by atoms with Crippen LogP contribution in [0.3, 0.4) is 0 Å². The van der Waals surface area contributed by atoms with Crippen LogP contribution < -0.4 is 5.32 Å². The minimum absolute atomic E-state index is 0.121. The second-order valence-electron chi connectivity index (χ2n) is 4.34. The van der Waals surface area contributed by atoms with Gasteiger partial charge >= 0.3 is 5.97 Å². The Labute approximate surface area is 120 Å². The van der Waals surface area contributed by atoms with E-state index in [-0.39, 0.29) is 17.1 Å². The number of nitrogens with zero attached hydrogens (tertiary/aromatic N) is 1. The molecule has 108 valence electrons. The summed E-state index contributed by atoms with van der Waals surface area (Å²) in [5, 5.41) is 11.6. The number of hydrogen-bond donors (Lipinski definition) is 2. The van der Waals surface area contributed by atoms with Gasteiger partial charge in [-0.1, -0.05) is 12.1 Å². The number of carbonyl (C=O) groups excluding carboxylic acids is 1. The normalized spacial score (nSPS) is 10.1. The molecule has 0 spiro atoms. The van der Waals surface area contributed by atoms with E-state index in [2.05, 4.69) is 10.3 Å². The lowest BCUT2D eigenvalue weighted by molar-refractivity contribution is 0.0690. The van der Waals surface area contributed by atoms with Gasteiger partial charge in [-0.2, -0.15) is 0 Å². The highest BCUT2D eigenvalue weighted by Crippen LogP contribution is 2.06. The lowest BCUT2D eigenvalue weighted by Gasteiger charge is -2.07. The maximum Gasteiger partial charge on any atom is 0.338 e. The molecule has 0 bridgehead atoms. The van der Waals surface area contributed by atoms with Crippen molar-refractivity contribution in [2.45, 2.75) is 6.42 Å². The Balaban J connectivity index is 1.96. The summed E-state index contributed by atoms with van der Waals surface area (Å²) in [6, 6.07) is 8.73. The van der Waals surface area contributed by atoms with Crippen LogP contribution in [0.1, 0.15) is 26.4 Å². The number of pyridine rings is 1. The number of benzene rings is 1. The molecule has 0 radical (unpaired) electrons. The number of aromatic carboxylic acids is 1. The molecule has 0 aliphatic rings. The number of rotatable bonds is 5. The van der Waals surface area contributed by atoms with Crippen molar-refractivity contribution < 1.29 is 19.1 Å². The maximum absolute atomic E-state index is 12.7. The van der Waals surface area contributed by atoms with Crippen LogP contribution in [0.4, 0.5) is 4.39 Å². The maximum atomic E-state index is 12.7. The third-order valence-corrected chi connectivity index (χ3v) is 2.87. The summed E-state index contributed by atoms with van der Waals surface area (Å²) in [6.07, 6.45) is 1.88. The van der Waals surface area contributed by atoms with E-state index in [0.29, 0.717) is 13.0 Å². The quantitative estimate of drug-likeness (QED) is 0.880. The van der Waals surface area contributed by atoms with E-state index in [0.717, 1.165) is 5.56 Å². The van der Waals surface area contributed by atoms with Crippen molar-refractivity contribution in [3.8, 4) is 0 Å². The fourth-order valence-corrected chi connectivity index (χ4v) is 1.81. The second-order valence-corrected chi connectivity index (χ2v) is 4.34. The van der Waals surface area contributed by atoms with Gasteiger partial charge in [-0.3, -0.25) is 9.78 Å². The van der Waals surface area contributed by atoms with Crippen LogP contribution in [0.15, 0.2) is 42.6 Å². The number of carbonyl (C=O) groups is 2. The molecular formula is C15H13FN2O3. The highest BCUT2D eigenvalue weighted by atomic mass is 19.1. The van der Waals surface area contributed by atoms with Gasteiger partial charge in [0.25, 0.3) is 5.91 Å². The third kappa shape index (κ3) is 3.85. The van der Waals surface area contributed by atoms with Crippen LogP contribution in [0.25, 0.3) is 0 Å². The lowest BCUT2D eigenvalue weighted by atomic mass is 10.1. The molecule has 0 saturated heterocycles. The smallest absolute Gasteiger partial charge is 0.338 e. The molecule has 0 saturated carbocycles. The van der Waals surface area contributed by atoms with Gasteiger partial charge in [0.05, 0.1) is 5.56 Å². The Morgan fingerprint density at radius 1 is 1.19 bits per heavy atom. The Hall–Kier alpha value is -2.76. The molecule has 5 nitrogen and oxygen atoms in total. The molecule has 0 aliphatic carbocycles. The standard InChI is InChI=1S/C15H13FN2O3/c16-11-5-3-10(4-6-11)7-9-18-14(19)13-12(15(20)21)2-1-8-17-13/h1-6,8H,7,9H2,(H,18,19)(H,20,21). The Bertz CT molecular complexity index is 656. The average Bonchev–Trinajstić information content (AvgIpc) is 2.49. The lowest BCUT2D eigenvalue weighted by Crippen LogP contribution is -2.28. The summed E-state index contributed by atoms with van der Waals surface area (Å²) in [4.78, 5) is 26.7. The molecule has 21 heavy (non-hydrogen) atoms. The molecule has 6 heteroatoms. The largest absolute Gasteiger partial charge is 0.478 e. The second kappa shape index (κ2) is 6.60. The van der Waals surface area contributed by atoms with E-state index < -0.39 is 11.9 Å². The molecular weight excluding hydrogens is 275 g/mol. The molecule has 1 aromatic heterocycles. The number of nitrogens with one attached hydrogen (secondary N) is 1. The predicted octanol–water partition coefficient (Wildman–Crippen LogP) is 1.89. The third-order valence-electron chi connectivity index (χ3n) is 2.87. The zero-order valence-electron chi connectivity index (χ0n) is 11.0. The van der Waals surface area contributed by atoms with Gasteiger partial charge in [0.2, 0.25) is 0 Å². The number of amides is 1. The van der Waals surface area contributed by atoms with Crippen LogP contribution in [-0.2, 0) is 6.42 Å². The number of carboxylic acid groups (broad SMARTS) is 1. The predicted molar refractivity (Wildman–Crippen MR) is 73.6 cm³/mol. The van der Waals surface area contributed by atoms with Crippen molar-refractivity contribution in [1.82, 2.24) is 10.3 Å². The first-order chi connectivity index (χ1) is 10.1. The zero-order chi connectivity index (χ0) is 15.2. The average molecular weight is 288 g/mol. The van der Waals surface area contributed by atoms with Gasteiger partial charge in [0.15, 0.2) is 0 Å². The van der Waals surface area contributed by atoms with Crippen LogP contribution in [0, 0.1) is 5.82 Å². The van der Waals surface area contributed by atoms with Gasteiger partial charge in [-0.25, -0.2) is 9.18 Å². The van der Waals surface area contributed by atoms with Crippen LogP contribution in [-0.4, -0.2) is 28.5 Å². The molecule has 1 heterocycles. The molecule has 0 aliphatic heterocycles. The topological polar surface area (TPSA) is 79.3 Å². The molecule has 0 unspecified atom stereocenters. The number of halogens is 1. The summed E-state index contributed by atoms with van der Waals surface area (Å²) in [5.74, 6) is -2.07. The number of aromatic nitrogens is 1. The number of carboxylic acids is 1. The van der Waals surface area contributed by atoms with Crippen LogP contribution >= 0.6 is 0 Å². The van der Waals surface area contributed by atoms with Gasteiger partial charge in [-0.15, -0.1) is 0 Å². The molecule has 1 amide bonds. The molecule has 0 atom stereocenters. The molecule has 2 N–H and O–H groups in total. The molecule has 0 fully saturated rings. The van der Waals surface area contributed by atoms with E-state index in [1.165, 1.54) is 30.5 Å². The van der Waals surface area contributed by atoms with Crippen molar-refractivity contribution >= 4 is 11.9 Å². The minimum Gasteiger partial charge on any atom is -0.478 e. The van der Waals surface area contributed by atoms with Gasteiger partial charge in [0, 0.05) is 12.7 Å². The Kier molecular flexibility index (Phi) is 4.61. The molecule has 2 rings (SSSR count). The summed E-state index contributed by atoms with van der Waals surface area (Å²) in [6.45, 7) is 0.306. The van der Waals surface area contributed by atoms with Gasteiger partial charge in [0.1, 0.15) is 11.5 Å². The van der Waals surface area contributed by atoms with Crippen molar-refractivity contribution in [1.29, 1.82) is 0 Å². The SMILES string of the molecule is O=C(O)c1cccnc1C(=O)NCCc1ccc(F)cc1. The molecule has 2 aromatic rings. The fourth-order valence-electron chi connectivity index (χ4n) is 1.81. The Morgan fingerprint density at radius 2 is 1.90 bits per heavy atom. The van der Waals surface area contributed by atoms with Crippen LogP contribution in [0.2, 0.25) is 0 Å². The monoisotopic (exact) mass is 288 g/mol. The summed E-state index contributed by atoms with van der Waals surface area (Å²) in [7, 11) is 0. The van der Waals surface area contributed by atoms with Crippen molar-refractivity contribution in [2.75, 3.05) is 6.54 Å². The molecule has 1 aromatic carbocycles. The van der Waals surface area contributed by atoms with E-state index >= 15 is 0 Å².